The normalized spacial score (nSPS) is 16.0. The van der Waals surface area contributed by atoms with Gasteiger partial charge in [-0.1, -0.05) is 24.6 Å². The molecule has 2 rings (SSSR count). The van der Waals surface area contributed by atoms with E-state index in [0.717, 1.165) is 30.3 Å². The Morgan fingerprint density at radius 2 is 1.87 bits per heavy atom. The summed E-state index contributed by atoms with van der Waals surface area (Å²) >= 11 is 7.62. The van der Waals surface area contributed by atoms with Gasteiger partial charge in [-0.25, -0.2) is 4.39 Å². The Kier molecular flexibility index (Phi) is 5.22. The molecule has 23 heavy (non-hydrogen) atoms. The monoisotopic (exact) mass is 459 g/mol. The molecule has 2 nitrogen and oxygen atoms in total. The summed E-state index contributed by atoms with van der Waals surface area (Å²) in [7, 11) is 0. The van der Waals surface area contributed by atoms with E-state index in [1.807, 2.05) is 0 Å². The Morgan fingerprint density at radius 3 is 2.39 bits per heavy atom. The van der Waals surface area contributed by atoms with Gasteiger partial charge >= 0.3 is 6.18 Å². The molecule has 0 radical (unpaired) electrons. The van der Waals surface area contributed by atoms with Crippen LogP contribution in [0.25, 0.3) is 0 Å². The van der Waals surface area contributed by atoms with Gasteiger partial charge in [-0.3, -0.25) is 4.98 Å². The topological polar surface area (TPSA) is 33.1 Å². The minimum absolute atomic E-state index is 0.000267. The number of aromatic nitrogens is 1. The molecule has 0 saturated heterocycles. The summed E-state index contributed by atoms with van der Waals surface area (Å²) < 4.78 is 54.5. The maximum absolute atomic E-state index is 13.7. The fourth-order valence-electron chi connectivity index (χ4n) is 2.38. The third-order valence-electron chi connectivity index (χ3n) is 3.65. The molecule has 2 atom stereocenters. The molecule has 0 bridgehead atoms. The highest BCUT2D eigenvalue weighted by Crippen LogP contribution is 2.49. The van der Waals surface area contributed by atoms with E-state index in [4.69, 9.17) is 11.6 Å². The average Bonchev–Trinajstić information content (AvgIpc) is 2.44. The van der Waals surface area contributed by atoms with Crippen LogP contribution in [0.5, 0.6) is 0 Å². The first-order chi connectivity index (χ1) is 10.6. The smallest absolute Gasteiger partial charge is 0.376 e. The molecule has 0 fully saturated rings. The second kappa shape index (κ2) is 6.52. The first-order valence-corrected chi connectivity index (χ1v) is 7.89. The first-order valence-electron chi connectivity index (χ1n) is 6.43. The van der Waals surface area contributed by atoms with Crippen molar-refractivity contribution in [2.24, 2.45) is 0 Å². The highest BCUT2D eigenvalue weighted by Gasteiger charge is 2.59. The van der Waals surface area contributed by atoms with Crippen molar-refractivity contribution in [3.05, 3.63) is 62.2 Å². The molecule has 124 valence electrons. The quantitative estimate of drug-likeness (QED) is 0.397. The number of halogens is 6. The van der Waals surface area contributed by atoms with Gasteiger partial charge in [-0.15, -0.1) is 0 Å². The maximum Gasteiger partial charge on any atom is 0.422 e. The number of benzene rings is 1. The summed E-state index contributed by atoms with van der Waals surface area (Å²) in [6, 6.07) is 5.32. The van der Waals surface area contributed by atoms with E-state index >= 15 is 0 Å². The van der Waals surface area contributed by atoms with Gasteiger partial charge in [0.1, 0.15) is 9.52 Å². The van der Waals surface area contributed by atoms with E-state index in [9.17, 15) is 22.7 Å². The molecule has 2 unspecified atom stereocenters. The standard InChI is InChI=1S/C15H11ClF4INO/c1-8(11-3-2-10(17)7-12(11)16)14(23,15(18,19)20)9-4-5-22-13(21)6-9/h2-8,23H,1H3. The molecule has 0 aliphatic heterocycles. The third-order valence-corrected chi connectivity index (χ3v) is 4.57. The molecular weight excluding hydrogens is 449 g/mol. The second-order valence-corrected chi connectivity index (χ2v) is 6.53. The summed E-state index contributed by atoms with van der Waals surface area (Å²) in [4.78, 5) is 3.83. The number of hydrogen-bond acceptors (Lipinski definition) is 2. The lowest BCUT2D eigenvalue weighted by atomic mass is 9.78. The number of pyridine rings is 1. The third kappa shape index (κ3) is 3.46. The molecule has 0 saturated carbocycles. The van der Waals surface area contributed by atoms with Crippen molar-refractivity contribution in [3.63, 3.8) is 0 Å². The van der Waals surface area contributed by atoms with Crippen molar-refractivity contribution in [2.75, 3.05) is 0 Å². The molecule has 1 aromatic carbocycles. The summed E-state index contributed by atoms with van der Waals surface area (Å²) in [5.74, 6) is -2.12. The van der Waals surface area contributed by atoms with E-state index in [1.165, 1.54) is 13.1 Å². The van der Waals surface area contributed by atoms with Crippen LogP contribution in [-0.2, 0) is 5.60 Å². The van der Waals surface area contributed by atoms with Gasteiger partial charge in [0.25, 0.3) is 0 Å². The van der Waals surface area contributed by atoms with E-state index in [-0.39, 0.29) is 16.1 Å². The number of hydrogen-bond donors (Lipinski definition) is 1. The zero-order valence-corrected chi connectivity index (χ0v) is 14.6. The van der Waals surface area contributed by atoms with Crippen molar-refractivity contribution in [1.29, 1.82) is 0 Å². The highest BCUT2D eigenvalue weighted by molar-refractivity contribution is 14.1. The van der Waals surface area contributed by atoms with Crippen molar-refractivity contribution in [2.45, 2.75) is 24.6 Å². The largest absolute Gasteiger partial charge is 0.422 e. The Bertz CT molecular complexity index is 725. The molecule has 1 N–H and O–H groups in total. The van der Waals surface area contributed by atoms with Crippen LogP contribution in [0.4, 0.5) is 17.6 Å². The Hall–Kier alpha value is -0.930. The minimum Gasteiger partial charge on any atom is -0.376 e. The van der Waals surface area contributed by atoms with Crippen molar-refractivity contribution >= 4 is 34.2 Å². The van der Waals surface area contributed by atoms with Gasteiger partial charge in [0.05, 0.1) is 0 Å². The molecule has 0 amide bonds. The van der Waals surface area contributed by atoms with E-state index < -0.39 is 23.5 Å². The molecule has 0 aliphatic rings. The fraction of sp³-hybridized carbons (Fsp3) is 0.267. The fourth-order valence-corrected chi connectivity index (χ4v) is 3.20. The Balaban J connectivity index is 2.63. The van der Waals surface area contributed by atoms with E-state index in [0.29, 0.717) is 3.70 Å². The Labute approximate surface area is 148 Å². The molecule has 8 heteroatoms. The van der Waals surface area contributed by atoms with Gasteiger partial charge in [0.15, 0.2) is 5.60 Å². The number of aliphatic hydroxyl groups is 1. The zero-order valence-electron chi connectivity index (χ0n) is 11.7. The van der Waals surface area contributed by atoms with Crippen LogP contribution in [0.3, 0.4) is 0 Å². The van der Waals surface area contributed by atoms with Crippen molar-refractivity contribution in [3.8, 4) is 0 Å². The summed E-state index contributed by atoms with van der Waals surface area (Å²) in [5, 5.41) is 10.4. The lowest BCUT2D eigenvalue weighted by molar-refractivity contribution is -0.274. The summed E-state index contributed by atoms with van der Waals surface area (Å²) in [6.45, 7) is 1.19. The van der Waals surface area contributed by atoms with Gasteiger partial charge < -0.3 is 5.11 Å². The predicted molar refractivity (Wildman–Crippen MR) is 86.7 cm³/mol. The van der Waals surface area contributed by atoms with Gasteiger partial charge in [0.2, 0.25) is 0 Å². The SMILES string of the molecule is CC(c1ccc(F)cc1Cl)C(O)(c1ccnc(I)c1)C(F)(F)F. The van der Waals surface area contributed by atoms with E-state index in [2.05, 4.69) is 4.98 Å². The molecule has 0 aliphatic carbocycles. The first kappa shape index (κ1) is 18.4. The zero-order chi connectivity index (χ0) is 17.4. The van der Waals surface area contributed by atoms with Crippen LogP contribution in [-0.4, -0.2) is 16.3 Å². The van der Waals surface area contributed by atoms with Crippen LogP contribution in [0.15, 0.2) is 36.5 Å². The van der Waals surface area contributed by atoms with E-state index in [1.54, 1.807) is 22.6 Å². The number of nitrogens with zero attached hydrogens (tertiary/aromatic N) is 1. The van der Waals surface area contributed by atoms with Crippen LogP contribution in [0.1, 0.15) is 24.0 Å². The minimum atomic E-state index is -4.96. The molecule has 2 aromatic rings. The predicted octanol–water partition coefficient (Wildman–Crippen LogP) is 5.03. The van der Waals surface area contributed by atoms with Crippen molar-refractivity contribution in [1.82, 2.24) is 4.98 Å². The maximum atomic E-state index is 13.7. The summed E-state index contributed by atoms with van der Waals surface area (Å²) in [6.07, 6.45) is -3.78. The van der Waals surface area contributed by atoms with Gasteiger partial charge in [0, 0.05) is 17.1 Å². The van der Waals surface area contributed by atoms with Gasteiger partial charge in [-0.2, -0.15) is 13.2 Å². The Morgan fingerprint density at radius 1 is 1.22 bits per heavy atom. The van der Waals surface area contributed by atoms with Crippen LogP contribution in [0, 0.1) is 9.52 Å². The molecule has 1 heterocycles. The van der Waals surface area contributed by atoms with Crippen molar-refractivity contribution < 1.29 is 22.7 Å². The second-order valence-electron chi connectivity index (χ2n) is 5.02. The van der Waals surface area contributed by atoms with Crippen LogP contribution in [0.2, 0.25) is 5.02 Å². The average molecular weight is 460 g/mol. The van der Waals surface area contributed by atoms with Gasteiger partial charge in [-0.05, 0) is 58.0 Å². The lowest BCUT2D eigenvalue weighted by Crippen LogP contribution is -2.46. The lowest BCUT2D eigenvalue weighted by Gasteiger charge is -2.37. The van der Waals surface area contributed by atoms with Crippen LogP contribution < -0.4 is 0 Å². The molecule has 1 aromatic heterocycles. The molecule has 0 spiro atoms. The number of rotatable bonds is 3. The highest BCUT2D eigenvalue weighted by atomic mass is 127. The summed E-state index contributed by atoms with van der Waals surface area (Å²) in [5.41, 5.74) is -3.53. The van der Waals surface area contributed by atoms with Crippen LogP contribution >= 0.6 is 34.2 Å². The number of alkyl halides is 3. The molecular formula is C15H11ClF4INO.